The monoisotopic (exact) mass is 399 g/mol. The van der Waals surface area contributed by atoms with E-state index in [4.69, 9.17) is 21.7 Å². The van der Waals surface area contributed by atoms with Crippen molar-refractivity contribution < 1.29 is 19.1 Å². The summed E-state index contributed by atoms with van der Waals surface area (Å²) >= 11 is 5.22. The molecule has 1 aliphatic rings. The van der Waals surface area contributed by atoms with E-state index in [9.17, 15) is 9.59 Å². The van der Waals surface area contributed by atoms with Gasteiger partial charge in [0.1, 0.15) is 5.75 Å². The van der Waals surface area contributed by atoms with Gasteiger partial charge in [-0.25, -0.2) is 0 Å². The molecule has 0 aliphatic carbocycles. The van der Waals surface area contributed by atoms with Crippen molar-refractivity contribution in [2.24, 2.45) is 0 Å². The molecule has 2 aromatic carbocycles. The molecule has 1 saturated heterocycles. The average molecular weight is 399 g/mol. The maximum absolute atomic E-state index is 12.6. The van der Waals surface area contributed by atoms with E-state index in [2.05, 4.69) is 10.6 Å². The summed E-state index contributed by atoms with van der Waals surface area (Å²) in [6.45, 7) is 2.25. The molecular formula is C20H21N3O4S. The van der Waals surface area contributed by atoms with E-state index < -0.39 is 0 Å². The number of nitrogens with zero attached hydrogens (tertiary/aromatic N) is 1. The van der Waals surface area contributed by atoms with Crippen molar-refractivity contribution in [3.63, 3.8) is 0 Å². The summed E-state index contributed by atoms with van der Waals surface area (Å²) in [7, 11) is 1.56. The first-order valence-electron chi connectivity index (χ1n) is 8.80. The number of thiocarbonyl (C=S) groups is 1. The van der Waals surface area contributed by atoms with Gasteiger partial charge < -0.3 is 19.7 Å². The van der Waals surface area contributed by atoms with Crippen LogP contribution in [0.2, 0.25) is 0 Å². The predicted octanol–water partition coefficient (Wildman–Crippen LogP) is 2.29. The molecule has 0 spiro atoms. The molecule has 146 valence electrons. The molecule has 0 unspecified atom stereocenters. The van der Waals surface area contributed by atoms with Crippen LogP contribution in [0.15, 0.2) is 48.5 Å². The molecule has 0 saturated carbocycles. The van der Waals surface area contributed by atoms with Crippen molar-refractivity contribution in [3.05, 3.63) is 59.7 Å². The van der Waals surface area contributed by atoms with Crippen LogP contribution in [0.1, 0.15) is 20.7 Å². The topological polar surface area (TPSA) is 79.9 Å². The second kappa shape index (κ2) is 9.29. The molecule has 2 aromatic rings. The Bertz CT molecular complexity index is 864. The van der Waals surface area contributed by atoms with Crippen molar-refractivity contribution in [1.29, 1.82) is 0 Å². The molecule has 0 bridgehead atoms. The van der Waals surface area contributed by atoms with Crippen LogP contribution in [-0.2, 0) is 4.74 Å². The van der Waals surface area contributed by atoms with Crippen molar-refractivity contribution in [1.82, 2.24) is 10.2 Å². The molecule has 1 aliphatic heterocycles. The summed E-state index contributed by atoms with van der Waals surface area (Å²) < 4.78 is 10.4. The maximum atomic E-state index is 12.6. The lowest BCUT2D eigenvalue weighted by molar-refractivity contribution is 0.0303. The van der Waals surface area contributed by atoms with E-state index in [-0.39, 0.29) is 16.9 Å². The summed E-state index contributed by atoms with van der Waals surface area (Å²) in [6.07, 6.45) is 0. The van der Waals surface area contributed by atoms with E-state index >= 15 is 0 Å². The number of amides is 2. The number of nitrogens with one attached hydrogen (secondary N) is 2. The van der Waals surface area contributed by atoms with Gasteiger partial charge >= 0.3 is 0 Å². The van der Waals surface area contributed by atoms with Crippen molar-refractivity contribution in [2.75, 3.05) is 38.7 Å². The number of carbonyl (C=O) groups excluding carboxylic acids is 2. The predicted molar refractivity (Wildman–Crippen MR) is 110 cm³/mol. The SMILES string of the molecule is COc1ccc(C(=O)NC(=S)Nc2cccc(C(=O)N3CCOCC3)c2)cc1. The number of methoxy groups -OCH3 is 1. The molecule has 28 heavy (non-hydrogen) atoms. The van der Waals surface area contributed by atoms with Gasteiger partial charge in [0.15, 0.2) is 5.11 Å². The molecule has 2 amide bonds. The number of carbonyl (C=O) groups is 2. The summed E-state index contributed by atoms with van der Waals surface area (Å²) in [6, 6.07) is 13.7. The van der Waals surface area contributed by atoms with Gasteiger partial charge in [-0.15, -0.1) is 0 Å². The maximum Gasteiger partial charge on any atom is 0.257 e. The molecule has 2 N–H and O–H groups in total. The molecule has 1 heterocycles. The second-order valence-corrected chi connectivity index (χ2v) is 6.53. The Morgan fingerprint density at radius 1 is 1.07 bits per heavy atom. The minimum Gasteiger partial charge on any atom is -0.497 e. The lowest BCUT2D eigenvalue weighted by atomic mass is 10.1. The first kappa shape index (κ1) is 19.8. The highest BCUT2D eigenvalue weighted by atomic mass is 32.1. The van der Waals surface area contributed by atoms with E-state index in [0.717, 1.165) is 0 Å². The lowest BCUT2D eigenvalue weighted by Gasteiger charge is -2.27. The fourth-order valence-corrected chi connectivity index (χ4v) is 2.97. The van der Waals surface area contributed by atoms with Gasteiger partial charge in [0.05, 0.1) is 20.3 Å². The lowest BCUT2D eigenvalue weighted by Crippen LogP contribution is -2.40. The van der Waals surface area contributed by atoms with Crippen LogP contribution in [0.4, 0.5) is 5.69 Å². The standard InChI is InChI=1S/C20H21N3O4S/c1-26-17-7-5-14(6-8-17)18(24)22-20(28)21-16-4-2-3-15(13-16)19(25)23-9-11-27-12-10-23/h2-8,13H,9-12H2,1H3,(H2,21,22,24,28). The first-order chi connectivity index (χ1) is 13.6. The van der Waals surface area contributed by atoms with Gasteiger partial charge in [-0.05, 0) is 54.7 Å². The molecule has 8 heteroatoms. The fraction of sp³-hybridized carbons (Fsp3) is 0.250. The van der Waals surface area contributed by atoms with E-state index in [0.29, 0.717) is 48.9 Å². The highest BCUT2D eigenvalue weighted by Gasteiger charge is 2.18. The highest BCUT2D eigenvalue weighted by Crippen LogP contribution is 2.14. The van der Waals surface area contributed by atoms with Crippen LogP contribution >= 0.6 is 12.2 Å². The van der Waals surface area contributed by atoms with Crippen LogP contribution in [-0.4, -0.2) is 55.2 Å². The van der Waals surface area contributed by atoms with Crippen LogP contribution < -0.4 is 15.4 Å². The summed E-state index contributed by atoms with van der Waals surface area (Å²) in [5, 5.41) is 5.72. The van der Waals surface area contributed by atoms with Gasteiger partial charge in [-0.1, -0.05) is 6.07 Å². The number of rotatable bonds is 4. The number of anilines is 1. The number of hydrogen-bond donors (Lipinski definition) is 2. The Balaban J connectivity index is 1.60. The van der Waals surface area contributed by atoms with Gasteiger partial charge in [0.2, 0.25) is 0 Å². The van der Waals surface area contributed by atoms with Crippen LogP contribution in [0.5, 0.6) is 5.75 Å². The molecule has 1 fully saturated rings. The van der Waals surface area contributed by atoms with E-state index in [1.807, 2.05) is 0 Å². The van der Waals surface area contributed by atoms with Gasteiger partial charge in [-0.2, -0.15) is 0 Å². The van der Waals surface area contributed by atoms with Gasteiger partial charge in [-0.3, -0.25) is 14.9 Å². The largest absolute Gasteiger partial charge is 0.497 e. The van der Waals surface area contributed by atoms with Crippen LogP contribution in [0.3, 0.4) is 0 Å². The molecule has 0 atom stereocenters. The molecular weight excluding hydrogens is 378 g/mol. The first-order valence-corrected chi connectivity index (χ1v) is 9.21. The normalized spacial score (nSPS) is 13.5. The number of ether oxygens (including phenoxy) is 2. The van der Waals surface area contributed by atoms with Gasteiger partial charge in [0.25, 0.3) is 11.8 Å². The van der Waals surface area contributed by atoms with E-state index in [1.165, 1.54) is 0 Å². The van der Waals surface area contributed by atoms with Crippen LogP contribution in [0, 0.1) is 0 Å². The Hall–Kier alpha value is -2.97. The quantitative estimate of drug-likeness (QED) is 0.768. The van der Waals surface area contributed by atoms with Crippen molar-refractivity contribution >= 4 is 34.8 Å². The van der Waals surface area contributed by atoms with Gasteiger partial charge in [0, 0.05) is 29.9 Å². The third-order valence-corrected chi connectivity index (χ3v) is 4.45. The minimum atomic E-state index is -0.333. The Kier molecular flexibility index (Phi) is 6.57. The molecule has 7 nitrogen and oxygen atoms in total. The zero-order valence-corrected chi connectivity index (χ0v) is 16.3. The number of benzene rings is 2. The highest BCUT2D eigenvalue weighted by molar-refractivity contribution is 7.80. The van der Waals surface area contributed by atoms with E-state index in [1.54, 1.807) is 60.5 Å². The number of hydrogen-bond acceptors (Lipinski definition) is 5. The van der Waals surface area contributed by atoms with Crippen molar-refractivity contribution in [2.45, 2.75) is 0 Å². The molecule has 0 radical (unpaired) electrons. The third kappa shape index (κ3) is 5.05. The smallest absolute Gasteiger partial charge is 0.257 e. The Morgan fingerprint density at radius 3 is 2.46 bits per heavy atom. The Labute approximate surface area is 168 Å². The fourth-order valence-electron chi connectivity index (χ4n) is 2.76. The zero-order chi connectivity index (χ0) is 19.9. The summed E-state index contributed by atoms with van der Waals surface area (Å²) in [5.74, 6) is 0.278. The minimum absolute atomic E-state index is 0.0554. The molecule has 3 rings (SSSR count). The number of morpholine rings is 1. The van der Waals surface area contributed by atoms with Crippen LogP contribution in [0.25, 0.3) is 0 Å². The second-order valence-electron chi connectivity index (χ2n) is 6.12. The average Bonchev–Trinajstić information content (AvgIpc) is 2.74. The molecule has 0 aromatic heterocycles. The summed E-state index contributed by atoms with van der Waals surface area (Å²) in [4.78, 5) is 26.6. The van der Waals surface area contributed by atoms with Crippen molar-refractivity contribution in [3.8, 4) is 5.75 Å². The Morgan fingerprint density at radius 2 is 1.79 bits per heavy atom. The third-order valence-electron chi connectivity index (χ3n) is 4.24. The summed E-state index contributed by atoms with van der Waals surface area (Å²) in [5.41, 5.74) is 1.64. The zero-order valence-electron chi connectivity index (χ0n) is 15.4.